The third kappa shape index (κ3) is 1.45. The Morgan fingerprint density at radius 1 is 1.40 bits per heavy atom. The average Bonchev–Trinajstić information content (AvgIpc) is 2.04. The van der Waals surface area contributed by atoms with E-state index in [0.717, 1.165) is 12.2 Å². The van der Waals surface area contributed by atoms with Crippen LogP contribution in [-0.4, -0.2) is 0 Å². The minimum Gasteiger partial charge on any atom is -0.429 e. The lowest BCUT2D eigenvalue weighted by Gasteiger charge is -2.02. The van der Waals surface area contributed by atoms with Crippen LogP contribution in [-0.2, 0) is 6.42 Å². The van der Waals surface area contributed by atoms with E-state index in [1.165, 1.54) is 5.56 Å². The lowest BCUT2D eigenvalue weighted by molar-refractivity contribution is 0.647. The number of aryl methyl sites for hydroxylation is 1. The molecule has 0 amide bonds. The molecule has 0 radical (unpaired) electrons. The molecular formula is C8H10OS. The highest BCUT2D eigenvalue weighted by molar-refractivity contribution is 7.75. The smallest absolute Gasteiger partial charge is 0.140 e. The monoisotopic (exact) mass is 154 g/mol. The van der Waals surface area contributed by atoms with Gasteiger partial charge in [-0.1, -0.05) is 25.1 Å². The van der Waals surface area contributed by atoms with Crippen molar-refractivity contribution in [2.24, 2.45) is 0 Å². The van der Waals surface area contributed by atoms with Gasteiger partial charge in [-0.3, -0.25) is 0 Å². The van der Waals surface area contributed by atoms with Crippen LogP contribution in [0.5, 0.6) is 5.75 Å². The maximum absolute atomic E-state index is 4.83. The zero-order valence-corrected chi connectivity index (χ0v) is 6.77. The minimum absolute atomic E-state index is 0.855. The quantitative estimate of drug-likeness (QED) is 0.508. The summed E-state index contributed by atoms with van der Waals surface area (Å²) in [5.41, 5.74) is 1.19. The molecule has 0 aliphatic rings. The fourth-order valence-electron chi connectivity index (χ4n) is 0.885. The molecule has 0 atom stereocenters. The number of hydrogen-bond acceptors (Lipinski definition) is 2. The van der Waals surface area contributed by atoms with Crippen molar-refractivity contribution in [2.75, 3.05) is 0 Å². The molecule has 0 saturated carbocycles. The third-order valence-corrected chi connectivity index (χ3v) is 1.65. The van der Waals surface area contributed by atoms with Gasteiger partial charge in [0.2, 0.25) is 0 Å². The van der Waals surface area contributed by atoms with E-state index in [9.17, 15) is 0 Å². The molecule has 0 unspecified atom stereocenters. The largest absolute Gasteiger partial charge is 0.429 e. The molecule has 0 bridgehead atoms. The van der Waals surface area contributed by atoms with Gasteiger partial charge in [0.05, 0.1) is 0 Å². The molecule has 0 fully saturated rings. The fourth-order valence-corrected chi connectivity index (χ4v) is 1.06. The van der Waals surface area contributed by atoms with Crippen LogP contribution in [0.3, 0.4) is 0 Å². The number of rotatable bonds is 2. The number of benzene rings is 1. The minimum atomic E-state index is 0.855. The topological polar surface area (TPSA) is 9.23 Å². The Morgan fingerprint density at radius 2 is 2.10 bits per heavy atom. The molecular weight excluding hydrogens is 144 g/mol. The van der Waals surface area contributed by atoms with E-state index < -0.39 is 0 Å². The predicted molar refractivity (Wildman–Crippen MR) is 45.4 cm³/mol. The maximum atomic E-state index is 4.83. The summed E-state index contributed by atoms with van der Waals surface area (Å²) in [5.74, 6) is 0.855. The first kappa shape index (κ1) is 7.48. The van der Waals surface area contributed by atoms with Gasteiger partial charge in [-0.15, -0.1) is 0 Å². The second-order valence-corrected chi connectivity index (χ2v) is 2.24. The summed E-state index contributed by atoms with van der Waals surface area (Å²) in [6.07, 6.45) is 0.983. The molecule has 54 valence electrons. The van der Waals surface area contributed by atoms with Crippen molar-refractivity contribution in [1.29, 1.82) is 0 Å². The van der Waals surface area contributed by atoms with Gasteiger partial charge < -0.3 is 4.18 Å². The lowest BCUT2D eigenvalue weighted by atomic mass is 10.1. The molecule has 1 aromatic rings. The first-order valence-corrected chi connectivity index (χ1v) is 3.64. The SMILES string of the molecule is CCc1ccccc1OS. The van der Waals surface area contributed by atoms with Crippen LogP contribution in [0.1, 0.15) is 12.5 Å². The van der Waals surface area contributed by atoms with Gasteiger partial charge in [0.25, 0.3) is 0 Å². The van der Waals surface area contributed by atoms with Crippen LogP contribution >= 0.6 is 12.9 Å². The molecule has 0 saturated heterocycles. The molecule has 0 aromatic heterocycles. The maximum Gasteiger partial charge on any atom is 0.140 e. The van der Waals surface area contributed by atoms with Gasteiger partial charge >= 0.3 is 0 Å². The number of hydrogen-bond donors (Lipinski definition) is 1. The van der Waals surface area contributed by atoms with E-state index in [0.29, 0.717) is 0 Å². The summed E-state index contributed by atoms with van der Waals surface area (Å²) in [4.78, 5) is 0. The normalized spacial score (nSPS) is 9.40. The number of thiol groups is 1. The molecule has 0 N–H and O–H groups in total. The molecule has 0 heterocycles. The van der Waals surface area contributed by atoms with E-state index in [2.05, 4.69) is 19.8 Å². The highest BCUT2D eigenvalue weighted by atomic mass is 32.1. The van der Waals surface area contributed by atoms with Gasteiger partial charge in [0.15, 0.2) is 0 Å². The van der Waals surface area contributed by atoms with Crippen LogP contribution in [0.4, 0.5) is 0 Å². The van der Waals surface area contributed by atoms with Crippen LogP contribution in [0.2, 0.25) is 0 Å². The van der Waals surface area contributed by atoms with Crippen molar-refractivity contribution in [3.05, 3.63) is 29.8 Å². The Kier molecular flexibility index (Phi) is 2.63. The van der Waals surface area contributed by atoms with Crippen molar-refractivity contribution in [3.63, 3.8) is 0 Å². The first-order chi connectivity index (χ1) is 4.88. The molecule has 0 aliphatic carbocycles. The molecule has 2 heteroatoms. The van der Waals surface area contributed by atoms with Crippen molar-refractivity contribution < 1.29 is 4.18 Å². The highest BCUT2D eigenvalue weighted by Crippen LogP contribution is 2.18. The van der Waals surface area contributed by atoms with Gasteiger partial charge in [-0.05, 0) is 18.1 Å². The van der Waals surface area contributed by atoms with E-state index in [-0.39, 0.29) is 0 Å². The zero-order valence-electron chi connectivity index (χ0n) is 5.87. The van der Waals surface area contributed by atoms with Crippen LogP contribution in [0.15, 0.2) is 24.3 Å². The van der Waals surface area contributed by atoms with E-state index >= 15 is 0 Å². The van der Waals surface area contributed by atoms with Crippen LogP contribution in [0, 0.1) is 0 Å². The molecule has 1 aromatic carbocycles. The molecule has 0 aliphatic heterocycles. The number of para-hydroxylation sites is 1. The standard InChI is InChI=1S/C8H10OS/c1-2-7-5-3-4-6-8(7)9-10/h3-6,10H,2H2,1H3. The lowest BCUT2D eigenvalue weighted by Crippen LogP contribution is -1.83. The average molecular weight is 154 g/mol. The van der Waals surface area contributed by atoms with E-state index in [4.69, 9.17) is 4.18 Å². The summed E-state index contributed by atoms with van der Waals surface area (Å²) in [6.45, 7) is 2.09. The van der Waals surface area contributed by atoms with Gasteiger partial charge in [-0.2, -0.15) is 0 Å². The van der Waals surface area contributed by atoms with E-state index in [1.807, 2.05) is 24.3 Å². The Labute approximate surface area is 66.6 Å². The van der Waals surface area contributed by atoms with E-state index in [1.54, 1.807) is 0 Å². The zero-order chi connectivity index (χ0) is 7.40. The van der Waals surface area contributed by atoms with Crippen LogP contribution in [0.25, 0.3) is 0 Å². The van der Waals surface area contributed by atoms with Crippen molar-refractivity contribution in [1.82, 2.24) is 0 Å². The molecule has 0 spiro atoms. The Bertz CT molecular complexity index is 187. The molecule has 1 rings (SSSR count). The van der Waals surface area contributed by atoms with Gasteiger partial charge in [0, 0.05) is 12.9 Å². The highest BCUT2D eigenvalue weighted by Gasteiger charge is 1.96. The van der Waals surface area contributed by atoms with Gasteiger partial charge in [0.1, 0.15) is 5.75 Å². The Morgan fingerprint density at radius 3 is 2.60 bits per heavy atom. The van der Waals surface area contributed by atoms with Crippen molar-refractivity contribution >= 4 is 12.9 Å². The first-order valence-electron chi connectivity index (χ1n) is 3.27. The summed E-state index contributed by atoms with van der Waals surface area (Å²) < 4.78 is 4.83. The third-order valence-electron chi connectivity index (χ3n) is 1.45. The predicted octanol–water partition coefficient (Wildman–Crippen LogP) is 2.47. The van der Waals surface area contributed by atoms with Crippen molar-refractivity contribution in [2.45, 2.75) is 13.3 Å². The summed E-state index contributed by atoms with van der Waals surface area (Å²) >= 11 is 3.73. The second kappa shape index (κ2) is 3.52. The van der Waals surface area contributed by atoms with Gasteiger partial charge in [-0.25, -0.2) is 0 Å². The Balaban J connectivity index is 2.96. The fraction of sp³-hybridized carbons (Fsp3) is 0.250. The summed E-state index contributed by atoms with van der Waals surface area (Å²) in [6, 6.07) is 7.87. The Hall–Kier alpha value is -0.630. The van der Waals surface area contributed by atoms with Crippen LogP contribution < -0.4 is 4.18 Å². The molecule has 1 nitrogen and oxygen atoms in total. The van der Waals surface area contributed by atoms with Crippen molar-refractivity contribution in [3.8, 4) is 5.75 Å². The second-order valence-electron chi connectivity index (χ2n) is 2.05. The summed E-state index contributed by atoms with van der Waals surface area (Å²) in [5, 5.41) is 0. The molecule has 10 heavy (non-hydrogen) atoms. The summed E-state index contributed by atoms with van der Waals surface area (Å²) in [7, 11) is 0.